The van der Waals surface area contributed by atoms with Crippen LogP contribution >= 0.6 is 31.9 Å². The fraction of sp³-hybridized carbons (Fsp3) is 0.0909. The van der Waals surface area contributed by atoms with Crippen LogP contribution < -0.4 is 10.1 Å². The van der Waals surface area contributed by atoms with E-state index in [2.05, 4.69) is 42.2 Å². The lowest BCUT2D eigenvalue weighted by atomic mass is 10.1. The lowest BCUT2D eigenvalue weighted by Crippen LogP contribution is -2.11. The second-order valence-corrected chi connectivity index (χ2v) is 7.91. The maximum Gasteiger partial charge on any atom is 0.255 e. The third-order valence-corrected chi connectivity index (χ3v) is 6.17. The number of hydrogen-bond donors (Lipinski definition) is 2. The second kappa shape index (κ2) is 9.24. The first kappa shape index (κ1) is 21.1. The molecule has 0 spiro atoms. The van der Waals surface area contributed by atoms with Gasteiger partial charge in [-0.25, -0.2) is 0 Å². The number of ether oxygens (including phenoxy) is 1. The largest absolute Gasteiger partial charge is 0.504 e. The summed E-state index contributed by atoms with van der Waals surface area (Å²) < 4.78 is 6.57. The van der Waals surface area contributed by atoms with Gasteiger partial charge in [0.05, 0.1) is 18.4 Å². The van der Waals surface area contributed by atoms with E-state index in [-0.39, 0.29) is 11.7 Å². The zero-order valence-corrected chi connectivity index (χ0v) is 18.9. The Labute approximate surface area is 185 Å². The molecule has 0 atom stereocenters. The number of phenolic OH excluding ortho intramolecular Hbond substituents is 1. The van der Waals surface area contributed by atoms with Gasteiger partial charge in [0.15, 0.2) is 11.5 Å². The highest BCUT2D eigenvalue weighted by atomic mass is 79.9. The molecule has 5 nitrogen and oxygen atoms in total. The Hall–Kier alpha value is -2.64. The number of methoxy groups -OCH3 is 1. The van der Waals surface area contributed by atoms with Crippen molar-refractivity contribution in [1.29, 1.82) is 0 Å². The Kier molecular flexibility index (Phi) is 6.71. The maximum atomic E-state index is 12.3. The van der Waals surface area contributed by atoms with E-state index in [0.717, 1.165) is 10.0 Å². The van der Waals surface area contributed by atoms with Crippen molar-refractivity contribution in [2.75, 3.05) is 12.4 Å². The number of aromatic hydroxyl groups is 1. The van der Waals surface area contributed by atoms with Gasteiger partial charge in [-0.2, -0.15) is 0 Å². The van der Waals surface area contributed by atoms with Crippen LogP contribution in [0.1, 0.15) is 21.5 Å². The molecule has 0 aromatic heterocycles. The highest BCUT2D eigenvalue weighted by molar-refractivity contribution is 9.13. The molecule has 1 amide bonds. The molecule has 0 saturated carbocycles. The van der Waals surface area contributed by atoms with Crippen molar-refractivity contribution in [3.8, 4) is 11.5 Å². The minimum atomic E-state index is -0.167. The standard InChI is InChI=1S/C22H18Br2N2O3/c1-13-4-3-5-14(10-13)22(28)26-16-8-6-15(7-9-16)25-12-17-20(24)18(23)11-19(29-2)21(17)27/h3-12,27H,1-2H3,(H,26,28). The Morgan fingerprint density at radius 3 is 2.52 bits per heavy atom. The van der Waals surface area contributed by atoms with Gasteiger partial charge < -0.3 is 15.2 Å². The minimum Gasteiger partial charge on any atom is -0.504 e. The summed E-state index contributed by atoms with van der Waals surface area (Å²) in [5.74, 6) is 0.170. The summed E-state index contributed by atoms with van der Waals surface area (Å²) in [5.41, 5.74) is 3.47. The van der Waals surface area contributed by atoms with Crippen LogP contribution in [0.3, 0.4) is 0 Å². The molecule has 0 aliphatic carbocycles. The molecule has 2 N–H and O–H groups in total. The summed E-state index contributed by atoms with van der Waals surface area (Å²) in [6.07, 6.45) is 1.55. The van der Waals surface area contributed by atoms with Gasteiger partial charge in [0.25, 0.3) is 5.91 Å². The summed E-state index contributed by atoms with van der Waals surface area (Å²) in [6.45, 7) is 1.95. The quantitative estimate of drug-likeness (QED) is 0.393. The van der Waals surface area contributed by atoms with Crippen LogP contribution in [0.5, 0.6) is 11.5 Å². The van der Waals surface area contributed by atoms with E-state index in [1.165, 1.54) is 7.11 Å². The number of hydrogen-bond acceptors (Lipinski definition) is 4. The molecular formula is C22H18Br2N2O3. The van der Waals surface area contributed by atoms with E-state index in [9.17, 15) is 9.90 Å². The van der Waals surface area contributed by atoms with Gasteiger partial charge in [-0.15, -0.1) is 0 Å². The summed E-state index contributed by atoms with van der Waals surface area (Å²) in [4.78, 5) is 16.7. The van der Waals surface area contributed by atoms with Crippen LogP contribution in [-0.2, 0) is 0 Å². The summed E-state index contributed by atoms with van der Waals surface area (Å²) in [5, 5.41) is 13.2. The van der Waals surface area contributed by atoms with E-state index >= 15 is 0 Å². The maximum absolute atomic E-state index is 12.3. The van der Waals surface area contributed by atoms with Gasteiger partial charge in [0.1, 0.15) is 0 Å². The van der Waals surface area contributed by atoms with Gasteiger partial charge in [0, 0.05) is 26.4 Å². The van der Waals surface area contributed by atoms with Gasteiger partial charge in [-0.1, -0.05) is 17.7 Å². The molecule has 7 heteroatoms. The number of benzene rings is 3. The van der Waals surface area contributed by atoms with Gasteiger partial charge in [-0.05, 0) is 81.2 Å². The van der Waals surface area contributed by atoms with Crippen molar-refractivity contribution in [3.63, 3.8) is 0 Å². The molecule has 3 rings (SSSR count). The third-order valence-electron chi connectivity index (χ3n) is 4.16. The van der Waals surface area contributed by atoms with Gasteiger partial charge >= 0.3 is 0 Å². The number of carbonyl (C=O) groups is 1. The molecule has 0 aliphatic heterocycles. The number of rotatable bonds is 5. The normalized spacial score (nSPS) is 10.9. The topological polar surface area (TPSA) is 70.9 Å². The number of nitrogens with one attached hydrogen (secondary N) is 1. The number of aryl methyl sites for hydroxylation is 1. The number of amides is 1. The van der Waals surface area contributed by atoms with Crippen molar-refractivity contribution >= 4 is 55.4 Å². The lowest BCUT2D eigenvalue weighted by Gasteiger charge is -2.10. The van der Waals surface area contributed by atoms with E-state index in [1.807, 2.05) is 25.1 Å². The predicted molar refractivity (Wildman–Crippen MR) is 123 cm³/mol. The molecule has 3 aromatic carbocycles. The van der Waals surface area contributed by atoms with Crippen LogP contribution in [0.2, 0.25) is 0 Å². The van der Waals surface area contributed by atoms with Crippen LogP contribution in [-0.4, -0.2) is 24.3 Å². The van der Waals surface area contributed by atoms with Crippen LogP contribution in [0.4, 0.5) is 11.4 Å². The average Bonchev–Trinajstić information content (AvgIpc) is 2.71. The monoisotopic (exact) mass is 516 g/mol. The van der Waals surface area contributed by atoms with Crippen molar-refractivity contribution in [2.24, 2.45) is 4.99 Å². The lowest BCUT2D eigenvalue weighted by molar-refractivity contribution is 0.102. The number of aliphatic imine (C=N–C) groups is 1. The summed E-state index contributed by atoms with van der Waals surface area (Å²) in [7, 11) is 1.49. The number of halogens is 2. The molecule has 0 unspecified atom stereocenters. The van der Waals surface area contributed by atoms with Crippen LogP contribution in [0.25, 0.3) is 0 Å². The zero-order chi connectivity index (χ0) is 21.0. The van der Waals surface area contributed by atoms with Crippen molar-refractivity contribution in [2.45, 2.75) is 6.92 Å². The Morgan fingerprint density at radius 2 is 1.86 bits per heavy atom. The number of phenols is 1. The molecular weight excluding hydrogens is 500 g/mol. The SMILES string of the molecule is COc1cc(Br)c(Br)c(C=Nc2ccc(NC(=O)c3cccc(C)c3)cc2)c1O. The first-order valence-electron chi connectivity index (χ1n) is 8.66. The highest BCUT2D eigenvalue weighted by Crippen LogP contribution is 2.39. The van der Waals surface area contributed by atoms with E-state index < -0.39 is 0 Å². The van der Waals surface area contributed by atoms with E-state index in [1.54, 1.807) is 42.6 Å². The molecule has 3 aromatic rings. The van der Waals surface area contributed by atoms with Crippen LogP contribution in [0, 0.1) is 6.92 Å². The smallest absolute Gasteiger partial charge is 0.255 e. The summed E-state index contributed by atoms with van der Waals surface area (Å²) in [6, 6.07) is 16.2. The van der Waals surface area contributed by atoms with Crippen molar-refractivity contribution in [3.05, 3.63) is 80.2 Å². The number of carbonyl (C=O) groups excluding carboxylic acids is 1. The number of nitrogens with zero attached hydrogens (tertiary/aromatic N) is 1. The molecule has 0 bridgehead atoms. The molecule has 0 saturated heterocycles. The summed E-state index contributed by atoms with van der Waals surface area (Å²) >= 11 is 6.85. The van der Waals surface area contributed by atoms with Gasteiger partial charge in [0.2, 0.25) is 0 Å². The van der Waals surface area contributed by atoms with Crippen molar-refractivity contribution in [1.82, 2.24) is 0 Å². The fourth-order valence-corrected chi connectivity index (χ4v) is 3.47. The minimum absolute atomic E-state index is 0.00615. The van der Waals surface area contributed by atoms with Crippen LogP contribution in [0.15, 0.2) is 68.5 Å². The third kappa shape index (κ3) is 5.05. The van der Waals surface area contributed by atoms with Gasteiger partial charge in [-0.3, -0.25) is 9.79 Å². The Morgan fingerprint density at radius 1 is 1.14 bits per heavy atom. The number of anilines is 1. The molecule has 0 heterocycles. The Balaban J connectivity index is 1.76. The van der Waals surface area contributed by atoms with Crippen molar-refractivity contribution < 1.29 is 14.6 Å². The average molecular weight is 518 g/mol. The molecule has 0 aliphatic rings. The zero-order valence-electron chi connectivity index (χ0n) is 15.7. The van der Waals surface area contributed by atoms with E-state index in [4.69, 9.17) is 4.74 Å². The molecule has 148 valence electrons. The molecule has 29 heavy (non-hydrogen) atoms. The highest BCUT2D eigenvalue weighted by Gasteiger charge is 2.14. The first-order valence-corrected chi connectivity index (χ1v) is 10.2. The molecule has 0 fully saturated rings. The predicted octanol–water partition coefficient (Wildman–Crippen LogP) is 6.24. The second-order valence-electron chi connectivity index (χ2n) is 6.27. The Bertz CT molecular complexity index is 1080. The first-order chi connectivity index (χ1) is 13.9. The van der Waals surface area contributed by atoms with E-state index in [0.29, 0.717) is 32.7 Å². The fourth-order valence-electron chi connectivity index (χ4n) is 2.65. The molecule has 0 radical (unpaired) electrons.